The normalized spacial score (nSPS) is 12.7. The molecule has 0 aliphatic rings. The van der Waals surface area contributed by atoms with Crippen LogP contribution < -0.4 is 5.32 Å². The van der Waals surface area contributed by atoms with Crippen LogP contribution in [0.2, 0.25) is 0 Å². The van der Waals surface area contributed by atoms with Crippen LogP contribution in [0.15, 0.2) is 36.5 Å². The predicted molar refractivity (Wildman–Crippen MR) is 94.3 cm³/mol. The minimum absolute atomic E-state index is 0.356. The number of hydrogen-bond donors (Lipinski definition) is 1. The van der Waals surface area contributed by atoms with Gasteiger partial charge in [0.2, 0.25) is 0 Å². The van der Waals surface area contributed by atoms with E-state index in [1.54, 1.807) is 0 Å². The minimum atomic E-state index is 0.356. The van der Waals surface area contributed by atoms with Crippen molar-refractivity contribution in [3.8, 4) is 0 Å². The second-order valence-electron chi connectivity index (χ2n) is 6.58. The van der Waals surface area contributed by atoms with E-state index in [-0.39, 0.29) is 0 Å². The molecule has 1 unspecified atom stereocenters. The lowest BCUT2D eigenvalue weighted by Gasteiger charge is -2.29. The molecule has 1 N–H and O–H groups in total. The van der Waals surface area contributed by atoms with Crippen molar-refractivity contribution in [2.24, 2.45) is 11.8 Å². The molecule has 0 fully saturated rings. The highest BCUT2D eigenvalue weighted by atomic mass is 14.9. The molecule has 0 saturated heterocycles. The van der Waals surface area contributed by atoms with Crippen LogP contribution in [0.4, 0.5) is 0 Å². The van der Waals surface area contributed by atoms with Crippen molar-refractivity contribution in [1.82, 2.24) is 5.32 Å². The largest absolute Gasteiger partial charge is 0.382 e. The van der Waals surface area contributed by atoms with Gasteiger partial charge < -0.3 is 5.32 Å². The summed E-state index contributed by atoms with van der Waals surface area (Å²) in [4.78, 5) is 0. The van der Waals surface area contributed by atoms with Gasteiger partial charge in [-0.05, 0) is 37.2 Å². The smallest absolute Gasteiger partial charge is 0.0533 e. The number of aryl methyl sites for hydroxylation is 1. The zero-order valence-corrected chi connectivity index (χ0v) is 14.6. The van der Waals surface area contributed by atoms with Gasteiger partial charge in [0.05, 0.1) is 6.04 Å². The monoisotopic (exact) mass is 287 g/mol. The molecule has 0 radical (unpaired) electrons. The maximum atomic E-state index is 4.35. The molecular formula is C20H33N. The van der Waals surface area contributed by atoms with Gasteiger partial charge in [-0.25, -0.2) is 0 Å². The van der Waals surface area contributed by atoms with Crippen LogP contribution in [-0.4, -0.2) is 0 Å². The predicted octanol–water partition coefficient (Wildman–Crippen LogP) is 6.01. The summed E-state index contributed by atoms with van der Waals surface area (Å²) in [6, 6.07) is 9.24. The summed E-state index contributed by atoms with van der Waals surface area (Å²) in [5.41, 5.74) is 3.90. The molecule has 1 nitrogen and oxygen atoms in total. The Morgan fingerprint density at radius 2 is 1.57 bits per heavy atom. The Bertz CT molecular complexity index is 410. The van der Waals surface area contributed by atoms with Gasteiger partial charge in [-0.15, -0.1) is 0 Å². The van der Waals surface area contributed by atoms with E-state index in [2.05, 4.69) is 70.8 Å². The highest BCUT2D eigenvalue weighted by Crippen LogP contribution is 2.27. The number of benzene rings is 1. The van der Waals surface area contributed by atoms with Gasteiger partial charge >= 0.3 is 0 Å². The Kier molecular flexibility index (Phi) is 7.56. The standard InChI is InChI=1S/C20H33N/c1-7-9-18(10-8-2)17(6)21-20(15(3)4)19-13-11-16(5)12-14-19/h11-15,18,20-21H,6-10H2,1-5H3. The molecule has 0 saturated carbocycles. The molecule has 1 aromatic rings. The molecule has 21 heavy (non-hydrogen) atoms. The van der Waals surface area contributed by atoms with E-state index < -0.39 is 0 Å². The van der Waals surface area contributed by atoms with E-state index in [1.165, 1.54) is 42.5 Å². The fourth-order valence-corrected chi connectivity index (χ4v) is 2.92. The summed E-state index contributed by atoms with van der Waals surface area (Å²) in [6.07, 6.45) is 4.92. The molecule has 0 aliphatic carbocycles. The molecule has 1 heteroatoms. The zero-order valence-electron chi connectivity index (χ0n) is 14.6. The first-order valence-electron chi connectivity index (χ1n) is 8.51. The summed E-state index contributed by atoms with van der Waals surface area (Å²) in [7, 11) is 0. The van der Waals surface area contributed by atoms with Gasteiger partial charge in [0.15, 0.2) is 0 Å². The lowest BCUT2D eigenvalue weighted by Crippen LogP contribution is -2.28. The van der Waals surface area contributed by atoms with Crippen molar-refractivity contribution in [2.75, 3.05) is 0 Å². The molecule has 0 heterocycles. The van der Waals surface area contributed by atoms with Crippen molar-refractivity contribution in [3.05, 3.63) is 47.7 Å². The molecule has 0 aliphatic heterocycles. The lowest BCUT2D eigenvalue weighted by molar-refractivity contribution is 0.396. The summed E-state index contributed by atoms with van der Waals surface area (Å²) >= 11 is 0. The van der Waals surface area contributed by atoms with Crippen LogP contribution >= 0.6 is 0 Å². The number of allylic oxidation sites excluding steroid dienone is 1. The van der Waals surface area contributed by atoms with Crippen LogP contribution in [0.3, 0.4) is 0 Å². The Morgan fingerprint density at radius 1 is 1.05 bits per heavy atom. The van der Waals surface area contributed by atoms with Gasteiger partial charge in [-0.1, -0.05) is 76.9 Å². The fraction of sp³-hybridized carbons (Fsp3) is 0.600. The summed E-state index contributed by atoms with van der Waals surface area (Å²) < 4.78 is 0. The van der Waals surface area contributed by atoms with E-state index in [1.807, 2.05) is 0 Å². The number of hydrogen-bond acceptors (Lipinski definition) is 1. The maximum Gasteiger partial charge on any atom is 0.0533 e. The molecule has 1 aromatic carbocycles. The maximum absolute atomic E-state index is 4.35. The molecule has 0 bridgehead atoms. The van der Waals surface area contributed by atoms with Crippen LogP contribution in [0.1, 0.15) is 70.5 Å². The fourth-order valence-electron chi connectivity index (χ4n) is 2.92. The van der Waals surface area contributed by atoms with Gasteiger partial charge in [-0.2, -0.15) is 0 Å². The van der Waals surface area contributed by atoms with Crippen LogP contribution in [-0.2, 0) is 0 Å². The summed E-state index contributed by atoms with van der Waals surface area (Å²) in [5.74, 6) is 1.15. The average molecular weight is 287 g/mol. The van der Waals surface area contributed by atoms with E-state index in [9.17, 15) is 0 Å². The Hall–Kier alpha value is -1.24. The molecule has 118 valence electrons. The summed E-state index contributed by atoms with van der Waals surface area (Å²) in [6.45, 7) is 15.6. The first-order valence-corrected chi connectivity index (χ1v) is 8.51. The van der Waals surface area contributed by atoms with Gasteiger partial charge in [0, 0.05) is 5.70 Å². The first-order chi connectivity index (χ1) is 9.99. The third-order valence-corrected chi connectivity index (χ3v) is 4.21. The second-order valence-corrected chi connectivity index (χ2v) is 6.58. The van der Waals surface area contributed by atoms with E-state index in [0.29, 0.717) is 17.9 Å². The van der Waals surface area contributed by atoms with Crippen LogP contribution in [0, 0.1) is 18.8 Å². The van der Waals surface area contributed by atoms with Crippen LogP contribution in [0.5, 0.6) is 0 Å². The summed E-state index contributed by atoms with van der Waals surface area (Å²) in [5, 5.41) is 3.73. The minimum Gasteiger partial charge on any atom is -0.382 e. The molecule has 0 amide bonds. The van der Waals surface area contributed by atoms with Gasteiger partial charge in [0.25, 0.3) is 0 Å². The van der Waals surface area contributed by atoms with Gasteiger partial charge in [-0.3, -0.25) is 0 Å². The third kappa shape index (κ3) is 5.57. The molecule has 0 spiro atoms. The highest BCUT2D eigenvalue weighted by molar-refractivity contribution is 5.25. The van der Waals surface area contributed by atoms with Crippen molar-refractivity contribution >= 4 is 0 Å². The van der Waals surface area contributed by atoms with E-state index in [0.717, 1.165) is 0 Å². The number of rotatable bonds is 9. The topological polar surface area (TPSA) is 12.0 Å². The van der Waals surface area contributed by atoms with Crippen molar-refractivity contribution in [3.63, 3.8) is 0 Å². The number of nitrogens with one attached hydrogen (secondary N) is 1. The zero-order chi connectivity index (χ0) is 15.8. The SMILES string of the molecule is C=C(NC(c1ccc(C)cc1)C(C)C)C(CCC)CCC. The van der Waals surface area contributed by atoms with Crippen molar-refractivity contribution in [2.45, 2.75) is 66.3 Å². The molecular weight excluding hydrogens is 254 g/mol. The Morgan fingerprint density at radius 3 is 2.00 bits per heavy atom. The van der Waals surface area contributed by atoms with Gasteiger partial charge in [0.1, 0.15) is 0 Å². The highest BCUT2D eigenvalue weighted by Gasteiger charge is 2.19. The molecule has 1 atom stereocenters. The quantitative estimate of drug-likeness (QED) is 0.586. The lowest BCUT2D eigenvalue weighted by atomic mass is 9.91. The third-order valence-electron chi connectivity index (χ3n) is 4.21. The Balaban J connectivity index is 2.82. The average Bonchev–Trinajstić information content (AvgIpc) is 2.45. The molecule has 0 aromatic heterocycles. The second kappa shape index (κ2) is 8.92. The van der Waals surface area contributed by atoms with E-state index >= 15 is 0 Å². The van der Waals surface area contributed by atoms with Crippen molar-refractivity contribution < 1.29 is 0 Å². The van der Waals surface area contributed by atoms with Crippen LogP contribution in [0.25, 0.3) is 0 Å². The molecule has 1 rings (SSSR count). The van der Waals surface area contributed by atoms with Crippen molar-refractivity contribution in [1.29, 1.82) is 0 Å². The Labute approximate surface area is 131 Å². The first kappa shape index (κ1) is 17.8. The van der Waals surface area contributed by atoms with E-state index in [4.69, 9.17) is 0 Å².